The first-order valence-electron chi connectivity index (χ1n) is 7.34. The molecule has 0 unspecified atom stereocenters. The Kier molecular flexibility index (Phi) is 4.18. The zero-order valence-corrected chi connectivity index (χ0v) is 12.3. The molecule has 1 aliphatic carbocycles. The van der Waals surface area contributed by atoms with E-state index in [0.717, 1.165) is 36.9 Å². The summed E-state index contributed by atoms with van der Waals surface area (Å²) in [6.07, 6.45) is 6.84. The van der Waals surface area contributed by atoms with Crippen molar-refractivity contribution in [2.75, 3.05) is 5.32 Å². The zero-order chi connectivity index (χ0) is 16.2. The minimum absolute atomic E-state index is 0.0138. The van der Waals surface area contributed by atoms with Crippen LogP contribution in [0.15, 0.2) is 34.9 Å². The van der Waals surface area contributed by atoms with Gasteiger partial charge in [0, 0.05) is 23.8 Å². The third kappa shape index (κ3) is 3.45. The lowest BCUT2D eigenvalue weighted by molar-refractivity contribution is -0.384. The molecule has 3 rings (SSSR count). The summed E-state index contributed by atoms with van der Waals surface area (Å²) in [5.41, 5.74) is 2.62. The van der Waals surface area contributed by atoms with E-state index >= 15 is 0 Å². The summed E-state index contributed by atoms with van der Waals surface area (Å²) in [7, 11) is 0. The normalized spacial score (nSPS) is 13.7. The number of anilines is 1. The van der Waals surface area contributed by atoms with E-state index in [1.165, 1.54) is 18.2 Å². The van der Waals surface area contributed by atoms with Crippen molar-refractivity contribution in [3.8, 4) is 0 Å². The fraction of sp³-hybridized carbons (Fsp3) is 0.250. The molecule has 0 fully saturated rings. The van der Waals surface area contributed by atoms with Crippen molar-refractivity contribution in [3.05, 3.63) is 57.3 Å². The van der Waals surface area contributed by atoms with E-state index in [4.69, 9.17) is 4.52 Å². The molecule has 0 saturated carbocycles. The Balaban J connectivity index is 1.65. The minimum Gasteiger partial charge on any atom is -0.338 e. The quantitative estimate of drug-likeness (QED) is 0.531. The number of carbonyl (C=O) groups excluding carboxylic acids is 1. The summed E-state index contributed by atoms with van der Waals surface area (Å²) in [6, 6.07) is 5.95. The van der Waals surface area contributed by atoms with Crippen molar-refractivity contribution in [2.24, 2.45) is 0 Å². The van der Waals surface area contributed by atoms with Gasteiger partial charge in [0.2, 0.25) is 5.88 Å². The highest BCUT2D eigenvalue weighted by Gasteiger charge is 2.19. The standard InChI is InChI=1S/C16H15N3O4/c20-15(10-7-11-5-8-12(9-6-11)19(21)22)17-16-13-3-1-2-4-14(13)18-23-16/h5-10H,1-4H2,(H,17,20)/b10-7-. The van der Waals surface area contributed by atoms with Gasteiger partial charge in [0.25, 0.3) is 11.6 Å². The van der Waals surface area contributed by atoms with Crippen molar-refractivity contribution < 1.29 is 14.2 Å². The van der Waals surface area contributed by atoms with Gasteiger partial charge in [-0.25, -0.2) is 0 Å². The highest BCUT2D eigenvalue weighted by atomic mass is 16.6. The lowest BCUT2D eigenvalue weighted by Crippen LogP contribution is -2.10. The molecule has 0 saturated heterocycles. The lowest BCUT2D eigenvalue weighted by Gasteiger charge is -2.08. The number of nitro benzene ring substituents is 1. The average molecular weight is 313 g/mol. The molecule has 1 N–H and O–H groups in total. The first-order chi connectivity index (χ1) is 11.1. The monoisotopic (exact) mass is 313 g/mol. The number of aromatic nitrogens is 1. The van der Waals surface area contributed by atoms with Gasteiger partial charge < -0.3 is 4.52 Å². The SMILES string of the molecule is O=C(/C=C\c1ccc([N+](=O)[O-])cc1)Nc1onc2c1CCCC2. The van der Waals surface area contributed by atoms with Gasteiger partial charge >= 0.3 is 0 Å². The summed E-state index contributed by atoms with van der Waals surface area (Å²) in [6.45, 7) is 0. The third-order valence-electron chi connectivity index (χ3n) is 3.73. The number of hydrogen-bond acceptors (Lipinski definition) is 5. The Bertz CT molecular complexity index is 762. The van der Waals surface area contributed by atoms with E-state index in [0.29, 0.717) is 11.4 Å². The second-order valence-corrected chi connectivity index (χ2v) is 5.32. The van der Waals surface area contributed by atoms with Crippen molar-refractivity contribution in [1.82, 2.24) is 5.16 Å². The highest BCUT2D eigenvalue weighted by Crippen LogP contribution is 2.27. The average Bonchev–Trinajstić information content (AvgIpc) is 2.96. The summed E-state index contributed by atoms with van der Waals surface area (Å²) in [5, 5.41) is 17.2. The molecule has 0 bridgehead atoms. The van der Waals surface area contributed by atoms with Crippen molar-refractivity contribution in [2.45, 2.75) is 25.7 Å². The number of amides is 1. The Labute approximate surface area is 132 Å². The zero-order valence-electron chi connectivity index (χ0n) is 12.3. The van der Waals surface area contributed by atoms with Crippen LogP contribution in [0.1, 0.15) is 29.7 Å². The summed E-state index contributed by atoms with van der Waals surface area (Å²) in [5.74, 6) is 0.0888. The number of nitro groups is 1. The molecule has 0 atom stereocenters. The van der Waals surface area contributed by atoms with Crippen LogP contribution in [-0.2, 0) is 17.6 Å². The van der Waals surface area contributed by atoms with Gasteiger partial charge in [-0.1, -0.05) is 5.16 Å². The molecule has 7 nitrogen and oxygen atoms in total. The Morgan fingerprint density at radius 2 is 2.00 bits per heavy atom. The van der Waals surface area contributed by atoms with Crippen LogP contribution in [0.4, 0.5) is 11.6 Å². The van der Waals surface area contributed by atoms with E-state index in [9.17, 15) is 14.9 Å². The highest BCUT2D eigenvalue weighted by molar-refractivity contribution is 6.01. The van der Waals surface area contributed by atoms with Crippen molar-refractivity contribution in [3.63, 3.8) is 0 Å². The number of hydrogen-bond donors (Lipinski definition) is 1. The molecule has 1 amide bonds. The van der Waals surface area contributed by atoms with Crippen LogP contribution >= 0.6 is 0 Å². The Morgan fingerprint density at radius 3 is 2.74 bits per heavy atom. The van der Waals surface area contributed by atoms with Crippen LogP contribution < -0.4 is 5.32 Å². The van der Waals surface area contributed by atoms with Crippen molar-refractivity contribution >= 4 is 23.6 Å². The largest absolute Gasteiger partial charge is 0.338 e. The Morgan fingerprint density at radius 1 is 1.26 bits per heavy atom. The first kappa shape index (κ1) is 15.0. The second kappa shape index (κ2) is 6.43. The molecule has 0 aliphatic heterocycles. The van der Waals surface area contributed by atoms with Gasteiger partial charge in [0.15, 0.2) is 0 Å². The number of nitrogens with zero attached hydrogens (tertiary/aromatic N) is 2. The summed E-state index contributed by atoms with van der Waals surface area (Å²) >= 11 is 0. The predicted molar refractivity (Wildman–Crippen MR) is 83.9 cm³/mol. The fourth-order valence-corrected chi connectivity index (χ4v) is 2.52. The van der Waals surface area contributed by atoms with Crippen molar-refractivity contribution in [1.29, 1.82) is 0 Å². The first-order valence-corrected chi connectivity index (χ1v) is 7.34. The second-order valence-electron chi connectivity index (χ2n) is 5.32. The molecule has 0 radical (unpaired) electrons. The number of non-ortho nitro benzene ring substituents is 1. The maximum Gasteiger partial charge on any atom is 0.269 e. The van der Waals surface area contributed by atoms with E-state index in [1.54, 1.807) is 18.2 Å². The van der Waals surface area contributed by atoms with Crippen LogP contribution in [0, 0.1) is 10.1 Å². The lowest BCUT2D eigenvalue weighted by atomic mass is 9.98. The van der Waals surface area contributed by atoms with Gasteiger partial charge in [-0.3, -0.25) is 20.2 Å². The fourth-order valence-electron chi connectivity index (χ4n) is 2.52. The molecule has 118 valence electrons. The number of carbonyl (C=O) groups is 1. The van der Waals surface area contributed by atoms with Gasteiger partial charge in [0.05, 0.1) is 10.6 Å². The number of fused-ring (bicyclic) bond motifs is 1. The van der Waals surface area contributed by atoms with Crippen LogP contribution in [0.5, 0.6) is 0 Å². The summed E-state index contributed by atoms with van der Waals surface area (Å²) < 4.78 is 5.19. The predicted octanol–water partition coefficient (Wildman–Crippen LogP) is 3.11. The number of rotatable bonds is 4. The van der Waals surface area contributed by atoms with E-state index < -0.39 is 4.92 Å². The summed E-state index contributed by atoms with van der Waals surface area (Å²) in [4.78, 5) is 22.1. The molecule has 1 aliphatic rings. The van der Waals surface area contributed by atoms with E-state index in [2.05, 4.69) is 10.5 Å². The minimum atomic E-state index is -0.465. The molecule has 1 aromatic carbocycles. The smallest absolute Gasteiger partial charge is 0.269 e. The van der Waals surface area contributed by atoms with Gasteiger partial charge in [0.1, 0.15) is 0 Å². The molecule has 0 spiro atoms. The molecular formula is C16H15N3O4. The molecule has 23 heavy (non-hydrogen) atoms. The van der Waals surface area contributed by atoms with E-state index in [1.807, 2.05) is 0 Å². The number of aryl methyl sites for hydroxylation is 1. The number of benzene rings is 1. The molecular weight excluding hydrogens is 298 g/mol. The molecule has 1 aromatic heterocycles. The maximum atomic E-state index is 12.0. The van der Waals surface area contributed by atoms with Gasteiger partial charge in [-0.15, -0.1) is 0 Å². The maximum absolute atomic E-state index is 12.0. The van der Waals surface area contributed by atoms with Gasteiger partial charge in [-0.2, -0.15) is 0 Å². The molecule has 2 aromatic rings. The van der Waals surface area contributed by atoms with Crippen LogP contribution in [0.3, 0.4) is 0 Å². The third-order valence-corrected chi connectivity index (χ3v) is 3.73. The Hall–Kier alpha value is -2.96. The topological polar surface area (TPSA) is 98.3 Å². The molecule has 7 heteroatoms. The van der Waals surface area contributed by atoms with Crippen LogP contribution in [0.2, 0.25) is 0 Å². The van der Waals surface area contributed by atoms with Crippen LogP contribution in [0.25, 0.3) is 6.08 Å². The van der Waals surface area contributed by atoms with Crippen LogP contribution in [-0.4, -0.2) is 16.0 Å². The van der Waals surface area contributed by atoms with E-state index in [-0.39, 0.29) is 11.6 Å². The van der Waals surface area contributed by atoms with Gasteiger partial charge in [-0.05, 0) is 49.5 Å². The molecule has 1 heterocycles. The number of nitrogens with one attached hydrogen (secondary N) is 1.